The molecule has 0 spiro atoms. The fourth-order valence-electron chi connectivity index (χ4n) is 3.72. The summed E-state index contributed by atoms with van der Waals surface area (Å²) in [4.78, 5) is 0. The minimum absolute atomic E-state index is 0.592. The van der Waals surface area contributed by atoms with Crippen LogP contribution in [0.1, 0.15) is 38.5 Å². The van der Waals surface area contributed by atoms with Crippen LogP contribution in [0.15, 0.2) is 0 Å². The van der Waals surface area contributed by atoms with Gasteiger partial charge in [-0.15, -0.1) is 0 Å². The number of hydrogen-bond acceptors (Lipinski definition) is 3. The zero-order valence-electron chi connectivity index (χ0n) is 12.0. The molecule has 2 atom stereocenters. The second-order valence-electron chi connectivity index (χ2n) is 6.28. The molecule has 106 valence electrons. The van der Waals surface area contributed by atoms with Gasteiger partial charge in [0, 0.05) is 33.9 Å². The molecule has 2 unspecified atom stereocenters. The quantitative estimate of drug-likeness (QED) is 0.608. The normalized spacial score (nSPS) is 33.7. The fraction of sp³-hybridized carbons (Fsp3) is 1.00. The van der Waals surface area contributed by atoms with E-state index in [1.54, 1.807) is 14.2 Å². The van der Waals surface area contributed by atoms with Crippen LogP contribution >= 0.6 is 0 Å². The second-order valence-corrected chi connectivity index (χ2v) is 6.28. The van der Waals surface area contributed by atoms with Crippen LogP contribution < -0.4 is 5.32 Å². The predicted octanol–water partition coefficient (Wildman–Crippen LogP) is 2.46. The number of hydrogen-bond donors (Lipinski definition) is 1. The lowest BCUT2D eigenvalue weighted by molar-refractivity contribution is 0.167. The molecule has 2 saturated carbocycles. The number of unbranched alkanes of at least 4 members (excludes halogenated alkanes) is 1. The molecule has 0 bridgehead atoms. The van der Waals surface area contributed by atoms with Crippen LogP contribution in [0.25, 0.3) is 0 Å². The largest absolute Gasteiger partial charge is 0.385 e. The van der Waals surface area contributed by atoms with Crippen molar-refractivity contribution in [2.24, 2.45) is 17.3 Å². The van der Waals surface area contributed by atoms with Crippen molar-refractivity contribution in [3.05, 3.63) is 0 Å². The van der Waals surface area contributed by atoms with E-state index in [4.69, 9.17) is 9.47 Å². The monoisotopic (exact) mass is 255 g/mol. The molecule has 2 fully saturated rings. The Morgan fingerprint density at radius 1 is 1.06 bits per heavy atom. The maximum atomic E-state index is 5.15. The highest BCUT2D eigenvalue weighted by atomic mass is 16.5. The number of fused-ring (bicyclic) bond motifs is 1. The smallest absolute Gasteiger partial charge is 0.0587 e. The molecule has 1 N–H and O–H groups in total. The molecule has 0 radical (unpaired) electrons. The van der Waals surface area contributed by atoms with E-state index in [9.17, 15) is 0 Å². The highest BCUT2D eigenvalue weighted by Gasteiger charge is 2.52. The van der Waals surface area contributed by atoms with Crippen LogP contribution in [0.3, 0.4) is 0 Å². The van der Waals surface area contributed by atoms with Gasteiger partial charge in [0.15, 0.2) is 0 Å². The Labute approximate surface area is 112 Å². The van der Waals surface area contributed by atoms with E-state index in [0.29, 0.717) is 5.41 Å². The number of nitrogens with one attached hydrogen (secondary N) is 1. The van der Waals surface area contributed by atoms with Gasteiger partial charge in [0.1, 0.15) is 0 Å². The second kappa shape index (κ2) is 6.88. The van der Waals surface area contributed by atoms with Crippen molar-refractivity contribution in [2.45, 2.75) is 38.5 Å². The topological polar surface area (TPSA) is 30.5 Å². The predicted molar refractivity (Wildman–Crippen MR) is 73.7 cm³/mol. The molecule has 0 aromatic rings. The first-order valence-corrected chi connectivity index (χ1v) is 7.48. The lowest BCUT2D eigenvalue weighted by Crippen LogP contribution is -2.35. The lowest BCUT2D eigenvalue weighted by atomic mass is 9.78. The van der Waals surface area contributed by atoms with E-state index in [2.05, 4.69) is 5.32 Å². The number of rotatable bonds is 10. The first-order valence-electron chi connectivity index (χ1n) is 7.48. The third kappa shape index (κ3) is 3.94. The van der Waals surface area contributed by atoms with Crippen LogP contribution in [0, 0.1) is 17.3 Å². The highest BCUT2D eigenvalue weighted by Crippen LogP contribution is 2.61. The molecule has 0 aromatic carbocycles. The molecule has 0 aromatic heterocycles. The third-order valence-corrected chi connectivity index (χ3v) is 4.75. The van der Waals surface area contributed by atoms with Gasteiger partial charge < -0.3 is 14.8 Å². The van der Waals surface area contributed by atoms with Gasteiger partial charge in [0.2, 0.25) is 0 Å². The van der Waals surface area contributed by atoms with Crippen LogP contribution in [-0.2, 0) is 9.47 Å². The average molecular weight is 255 g/mol. The minimum Gasteiger partial charge on any atom is -0.385 e. The van der Waals surface area contributed by atoms with Gasteiger partial charge in [-0.2, -0.15) is 0 Å². The first kappa shape index (κ1) is 14.3. The van der Waals surface area contributed by atoms with Crippen molar-refractivity contribution in [3.63, 3.8) is 0 Å². The van der Waals surface area contributed by atoms with Gasteiger partial charge in [0.25, 0.3) is 0 Å². The summed E-state index contributed by atoms with van der Waals surface area (Å²) in [5.74, 6) is 2.13. The van der Waals surface area contributed by atoms with E-state index in [1.807, 2.05) is 0 Å². The summed E-state index contributed by atoms with van der Waals surface area (Å²) < 4.78 is 10.3. The van der Waals surface area contributed by atoms with Gasteiger partial charge in [-0.1, -0.05) is 6.42 Å². The minimum atomic E-state index is 0.592. The summed E-state index contributed by atoms with van der Waals surface area (Å²) in [7, 11) is 3.57. The van der Waals surface area contributed by atoms with E-state index in [0.717, 1.165) is 31.6 Å². The van der Waals surface area contributed by atoms with Crippen molar-refractivity contribution < 1.29 is 9.47 Å². The van der Waals surface area contributed by atoms with Crippen molar-refractivity contribution in [1.82, 2.24) is 5.32 Å². The van der Waals surface area contributed by atoms with Gasteiger partial charge >= 0.3 is 0 Å². The summed E-state index contributed by atoms with van der Waals surface area (Å²) in [6.45, 7) is 3.93. The van der Waals surface area contributed by atoms with E-state index < -0.39 is 0 Å². The van der Waals surface area contributed by atoms with Crippen molar-refractivity contribution >= 4 is 0 Å². The van der Waals surface area contributed by atoms with E-state index >= 15 is 0 Å². The van der Waals surface area contributed by atoms with Crippen LogP contribution in [0.5, 0.6) is 0 Å². The van der Waals surface area contributed by atoms with Crippen LogP contribution in [0.2, 0.25) is 0 Å². The Morgan fingerprint density at radius 3 is 2.44 bits per heavy atom. The third-order valence-electron chi connectivity index (χ3n) is 4.75. The maximum Gasteiger partial charge on any atom is 0.0587 e. The SMILES string of the molecule is COCCCCC1(CNCCOC)CC2CC2C1. The summed E-state index contributed by atoms with van der Waals surface area (Å²) in [5.41, 5.74) is 0.592. The van der Waals surface area contributed by atoms with Gasteiger partial charge in [0.05, 0.1) is 6.61 Å². The average Bonchev–Trinajstić information content (AvgIpc) is 2.99. The molecule has 2 aliphatic carbocycles. The summed E-state index contributed by atoms with van der Waals surface area (Å²) in [6.07, 6.45) is 8.35. The Balaban J connectivity index is 1.69. The Kier molecular flexibility index (Phi) is 5.46. The molecule has 0 aliphatic heterocycles. The van der Waals surface area contributed by atoms with Gasteiger partial charge in [-0.25, -0.2) is 0 Å². The first-order chi connectivity index (χ1) is 8.79. The molecule has 0 amide bonds. The van der Waals surface area contributed by atoms with Crippen LogP contribution in [0.4, 0.5) is 0 Å². The fourth-order valence-corrected chi connectivity index (χ4v) is 3.72. The lowest BCUT2D eigenvalue weighted by Gasteiger charge is -2.31. The Bertz CT molecular complexity index is 221. The van der Waals surface area contributed by atoms with Gasteiger partial charge in [-0.05, 0) is 49.4 Å². The molecular formula is C15H29NO2. The maximum absolute atomic E-state index is 5.15. The molecule has 0 saturated heterocycles. The summed E-state index contributed by atoms with van der Waals surface area (Å²) >= 11 is 0. The van der Waals surface area contributed by atoms with E-state index in [-0.39, 0.29) is 0 Å². The van der Waals surface area contributed by atoms with E-state index in [1.165, 1.54) is 45.1 Å². The summed E-state index contributed by atoms with van der Waals surface area (Å²) in [6, 6.07) is 0. The summed E-state index contributed by atoms with van der Waals surface area (Å²) in [5, 5.41) is 3.59. The molecule has 18 heavy (non-hydrogen) atoms. The molecule has 2 rings (SSSR count). The number of methoxy groups -OCH3 is 2. The van der Waals surface area contributed by atoms with Crippen molar-refractivity contribution in [1.29, 1.82) is 0 Å². The molecule has 3 nitrogen and oxygen atoms in total. The van der Waals surface area contributed by atoms with Crippen LogP contribution in [-0.4, -0.2) is 40.5 Å². The zero-order chi connectivity index (χ0) is 12.8. The van der Waals surface area contributed by atoms with Crippen molar-refractivity contribution in [2.75, 3.05) is 40.5 Å². The van der Waals surface area contributed by atoms with Crippen molar-refractivity contribution in [3.8, 4) is 0 Å². The zero-order valence-corrected chi connectivity index (χ0v) is 12.0. The molecule has 2 aliphatic rings. The highest BCUT2D eigenvalue weighted by molar-refractivity contribution is 5.03. The standard InChI is InChI=1S/C15H29NO2/c1-17-7-4-3-5-15(12-16-6-8-18-2)10-13-9-14(13)11-15/h13-14,16H,3-12H2,1-2H3. The van der Waals surface area contributed by atoms with Gasteiger partial charge in [-0.3, -0.25) is 0 Å². The number of ether oxygens (including phenoxy) is 2. The Morgan fingerprint density at radius 2 is 1.78 bits per heavy atom. The Hall–Kier alpha value is -0.120. The molecule has 0 heterocycles. The molecular weight excluding hydrogens is 226 g/mol. The molecule has 3 heteroatoms.